The molecule has 1 aliphatic carbocycles. The van der Waals surface area contributed by atoms with Crippen molar-refractivity contribution in [1.29, 1.82) is 0 Å². The summed E-state index contributed by atoms with van der Waals surface area (Å²) < 4.78 is 5.60. The Morgan fingerprint density at radius 2 is 2.17 bits per heavy atom. The van der Waals surface area contributed by atoms with Crippen molar-refractivity contribution in [3.05, 3.63) is 23.4 Å². The molecule has 5 heteroatoms. The number of fused-ring (bicyclic) bond motifs is 1. The quantitative estimate of drug-likeness (QED) is 0.857. The third kappa shape index (κ3) is 3.20. The zero-order chi connectivity index (χ0) is 15.8. The highest BCUT2D eigenvalue weighted by Crippen LogP contribution is 2.33. The molecule has 1 amide bonds. The summed E-state index contributed by atoms with van der Waals surface area (Å²) in [5.74, 6) is 2.05. The van der Waals surface area contributed by atoms with Gasteiger partial charge in [0.05, 0.1) is 0 Å². The molecule has 2 fully saturated rings. The molecule has 3 heterocycles. The molecule has 0 bridgehead atoms. The maximum atomic E-state index is 12.7. The SMILES string of the molecule is Cc1ccc2c(n1)N(CC1CC1)CCN(C(=O)[C@@H]1CCCO1)C2. The van der Waals surface area contributed by atoms with Crippen molar-refractivity contribution in [1.82, 2.24) is 9.88 Å². The molecule has 1 saturated carbocycles. The van der Waals surface area contributed by atoms with Gasteiger partial charge in [0.2, 0.25) is 0 Å². The van der Waals surface area contributed by atoms with Gasteiger partial charge in [-0.1, -0.05) is 6.07 Å². The lowest BCUT2D eigenvalue weighted by molar-refractivity contribution is -0.141. The number of hydrogen-bond donors (Lipinski definition) is 0. The molecule has 5 nitrogen and oxygen atoms in total. The van der Waals surface area contributed by atoms with Gasteiger partial charge in [-0.25, -0.2) is 4.98 Å². The number of carbonyl (C=O) groups excluding carboxylic acids is 1. The number of carbonyl (C=O) groups is 1. The van der Waals surface area contributed by atoms with Gasteiger partial charge in [0.15, 0.2) is 0 Å². The Morgan fingerprint density at radius 1 is 1.30 bits per heavy atom. The van der Waals surface area contributed by atoms with Crippen molar-refractivity contribution < 1.29 is 9.53 Å². The number of pyridine rings is 1. The fraction of sp³-hybridized carbons (Fsp3) is 0.667. The number of amides is 1. The van der Waals surface area contributed by atoms with Crippen LogP contribution in [-0.2, 0) is 16.1 Å². The van der Waals surface area contributed by atoms with E-state index in [1.807, 2.05) is 17.9 Å². The van der Waals surface area contributed by atoms with Crippen LogP contribution in [0.2, 0.25) is 0 Å². The highest BCUT2D eigenvalue weighted by molar-refractivity contribution is 5.81. The van der Waals surface area contributed by atoms with Crippen molar-refractivity contribution >= 4 is 11.7 Å². The molecule has 2 aliphatic heterocycles. The maximum absolute atomic E-state index is 12.7. The van der Waals surface area contributed by atoms with Gasteiger partial charge < -0.3 is 14.5 Å². The molecule has 0 radical (unpaired) electrons. The van der Waals surface area contributed by atoms with Gasteiger partial charge >= 0.3 is 0 Å². The summed E-state index contributed by atoms with van der Waals surface area (Å²) in [6, 6.07) is 4.19. The summed E-state index contributed by atoms with van der Waals surface area (Å²) >= 11 is 0. The normalized spacial score (nSPS) is 24.5. The number of aromatic nitrogens is 1. The smallest absolute Gasteiger partial charge is 0.252 e. The first-order chi connectivity index (χ1) is 11.2. The minimum absolute atomic E-state index is 0.155. The molecule has 124 valence electrons. The van der Waals surface area contributed by atoms with Gasteiger partial charge in [0.1, 0.15) is 11.9 Å². The Morgan fingerprint density at radius 3 is 2.91 bits per heavy atom. The van der Waals surface area contributed by atoms with Crippen LogP contribution in [0.3, 0.4) is 0 Å². The number of nitrogens with zero attached hydrogens (tertiary/aromatic N) is 3. The number of rotatable bonds is 3. The van der Waals surface area contributed by atoms with E-state index >= 15 is 0 Å². The standard InChI is InChI=1S/C18H25N3O2/c1-13-4-7-15-12-21(18(22)16-3-2-10-23-16)9-8-20(17(15)19-13)11-14-5-6-14/h4,7,14,16H,2-3,5-6,8-12H2,1H3/t16-/m0/s1. The van der Waals surface area contributed by atoms with E-state index in [0.29, 0.717) is 6.54 Å². The van der Waals surface area contributed by atoms with E-state index in [-0.39, 0.29) is 12.0 Å². The van der Waals surface area contributed by atoms with Crippen LogP contribution >= 0.6 is 0 Å². The second-order valence-electron chi connectivity index (χ2n) is 7.09. The monoisotopic (exact) mass is 315 g/mol. The van der Waals surface area contributed by atoms with E-state index < -0.39 is 0 Å². The fourth-order valence-electron chi connectivity index (χ4n) is 3.56. The summed E-state index contributed by atoms with van der Waals surface area (Å²) in [6.45, 7) is 6.12. The van der Waals surface area contributed by atoms with E-state index in [4.69, 9.17) is 9.72 Å². The molecular weight excluding hydrogens is 290 g/mol. The zero-order valence-electron chi connectivity index (χ0n) is 13.8. The van der Waals surface area contributed by atoms with Crippen LogP contribution in [0.25, 0.3) is 0 Å². The highest BCUT2D eigenvalue weighted by atomic mass is 16.5. The van der Waals surface area contributed by atoms with Crippen LogP contribution in [0.5, 0.6) is 0 Å². The van der Waals surface area contributed by atoms with Crippen molar-refractivity contribution in [2.24, 2.45) is 5.92 Å². The van der Waals surface area contributed by atoms with E-state index in [1.54, 1.807) is 0 Å². The summed E-state index contributed by atoms with van der Waals surface area (Å²) in [6.07, 6.45) is 4.29. The first-order valence-corrected chi connectivity index (χ1v) is 8.82. The third-order valence-corrected chi connectivity index (χ3v) is 5.09. The van der Waals surface area contributed by atoms with Gasteiger partial charge in [0, 0.05) is 44.0 Å². The van der Waals surface area contributed by atoms with Crippen LogP contribution in [-0.4, -0.2) is 48.1 Å². The maximum Gasteiger partial charge on any atom is 0.252 e. The molecule has 23 heavy (non-hydrogen) atoms. The fourth-order valence-corrected chi connectivity index (χ4v) is 3.56. The molecule has 1 aromatic heterocycles. The topological polar surface area (TPSA) is 45.7 Å². The van der Waals surface area contributed by atoms with Gasteiger partial charge in [0.25, 0.3) is 5.91 Å². The van der Waals surface area contributed by atoms with Crippen LogP contribution in [0.4, 0.5) is 5.82 Å². The average Bonchev–Trinajstić information content (AvgIpc) is 3.24. The molecular formula is C18H25N3O2. The predicted molar refractivity (Wildman–Crippen MR) is 88.3 cm³/mol. The minimum atomic E-state index is -0.230. The van der Waals surface area contributed by atoms with Crippen LogP contribution in [0.15, 0.2) is 12.1 Å². The number of aryl methyl sites for hydroxylation is 1. The average molecular weight is 315 g/mol. The molecule has 0 spiro atoms. The first kappa shape index (κ1) is 14.9. The predicted octanol–water partition coefficient (Wildman–Crippen LogP) is 2.13. The molecule has 3 aliphatic rings. The number of hydrogen-bond acceptors (Lipinski definition) is 4. The molecule has 0 unspecified atom stereocenters. The number of anilines is 1. The van der Waals surface area contributed by atoms with Gasteiger partial charge in [-0.15, -0.1) is 0 Å². The lowest BCUT2D eigenvalue weighted by Crippen LogP contribution is -2.41. The summed E-state index contributed by atoms with van der Waals surface area (Å²) in [5.41, 5.74) is 2.21. The lowest BCUT2D eigenvalue weighted by atomic mass is 10.2. The molecule has 4 rings (SSSR count). The van der Waals surface area contributed by atoms with Gasteiger partial charge in [-0.05, 0) is 44.6 Å². The highest BCUT2D eigenvalue weighted by Gasteiger charge is 2.33. The molecule has 1 atom stereocenters. The Kier molecular flexibility index (Phi) is 3.97. The van der Waals surface area contributed by atoms with Crippen LogP contribution in [0, 0.1) is 12.8 Å². The largest absolute Gasteiger partial charge is 0.368 e. The van der Waals surface area contributed by atoms with Crippen LogP contribution < -0.4 is 4.90 Å². The van der Waals surface area contributed by atoms with Gasteiger partial charge in [-0.3, -0.25) is 4.79 Å². The van der Waals surface area contributed by atoms with E-state index in [2.05, 4.69) is 11.0 Å². The van der Waals surface area contributed by atoms with E-state index in [0.717, 1.165) is 56.5 Å². The van der Waals surface area contributed by atoms with Crippen molar-refractivity contribution in [3.8, 4) is 0 Å². The summed E-state index contributed by atoms with van der Waals surface area (Å²) in [7, 11) is 0. The Hall–Kier alpha value is -1.62. The first-order valence-electron chi connectivity index (χ1n) is 8.82. The molecule has 1 aromatic rings. The Bertz CT molecular complexity index is 594. The molecule has 1 saturated heterocycles. The second kappa shape index (κ2) is 6.11. The van der Waals surface area contributed by atoms with Crippen molar-refractivity contribution in [2.75, 3.05) is 31.1 Å². The second-order valence-corrected chi connectivity index (χ2v) is 7.09. The molecule has 0 N–H and O–H groups in total. The third-order valence-electron chi connectivity index (χ3n) is 5.09. The zero-order valence-corrected chi connectivity index (χ0v) is 13.8. The Labute approximate surface area is 137 Å². The summed E-state index contributed by atoms with van der Waals surface area (Å²) in [5, 5.41) is 0. The number of ether oxygens (including phenoxy) is 1. The lowest BCUT2D eigenvalue weighted by Gasteiger charge is -2.25. The summed E-state index contributed by atoms with van der Waals surface area (Å²) in [4.78, 5) is 21.9. The van der Waals surface area contributed by atoms with Crippen molar-refractivity contribution in [3.63, 3.8) is 0 Å². The van der Waals surface area contributed by atoms with Crippen molar-refractivity contribution in [2.45, 2.75) is 45.3 Å². The Balaban J connectivity index is 1.57. The van der Waals surface area contributed by atoms with Crippen LogP contribution in [0.1, 0.15) is 36.9 Å². The minimum Gasteiger partial charge on any atom is -0.368 e. The van der Waals surface area contributed by atoms with Gasteiger partial charge in [-0.2, -0.15) is 0 Å². The molecule has 0 aromatic carbocycles. The van der Waals surface area contributed by atoms with E-state index in [1.165, 1.54) is 18.4 Å². The van der Waals surface area contributed by atoms with E-state index in [9.17, 15) is 4.79 Å².